The predicted octanol–water partition coefficient (Wildman–Crippen LogP) is 1.26. The van der Waals surface area contributed by atoms with Crippen LogP contribution >= 0.6 is 11.8 Å². The summed E-state index contributed by atoms with van der Waals surface area (Å²) in [6.07, 6.45) is 0.342. The summed E-state index contributed by atoms with van der Waals surface area (Å²) in [5.41, 5.74) is 6.41. The van der Waals surface area contributed by atoms with Crippen molar-refractivity contribution in [3.63, 3.8) is 0 Å². The molecule has 0 saturated carbocycles. The van der Waals surface area contributed by atoms with E-state index in [0.29, 0.717) is 17.3 Å². The molecule has 0 heterocycles. The molecule has 1 aromatic carbocycles. The number of benzene rings is 1. The van der Waals surface area contributed by atoms with Crippen molar-refractivity contribution in [1.82, 2.24) is 0 Å². The number of nitrogens with two attached hydrogens (primary N) is 1. The van der Waals surface area contributed by atoms with E-state index < -0.39 is 10.1 Å². The SMILES string of the molecule is NC(=Nc1ccccc1)SCCCS(=O)(=O)O.[Na]. The van der Waals surface area contributed by atoms with E-state index in [2.05, 4.69) is 4.99 Å². The van der Waals surface area contributed by atoms with E-state index in [9.17, 15) is 8.42 Å². The molecule has 0 aliphatic carbocycles. The van der Waals surface area contributed by atoms with Crippen LogP contribution in [0.4, 0.5) is 5.69 Å². The molecule has 1 rings (SSSR count). The molecule has 0 fully saturated rings. The third kappa shape index (κ3) is 8.96. The van der Waals surface area contributed by atoms with Gasteiger partial charge in [0.15, 0.2) is 5.17 Å². The Kier molecular flexibility index (Phi) is 8.93. The van der Waals surface area contributed by atoms with Gasteiger partial charge in [-0.2, -0.15) is 8.42 Å². The van der Waals surface area contributed by atoms with Gasteiger partial charge in [0.1, 0.15) is 0 Å². The standard InChI is InChI=1S/C10H14N2O3S2.Na/c11-10(12-9-5-2-1-3-6-9)16-7-4-8-17(13,14)15;/h1-3,5-6H,4,7-8H2,(H2,11,12)(H,13,14,15);. The summed E-state index contributed by atoms with van der Waals surface area (Å²) in [4.78, 5) is 4.14. The molecule has 95 valence electrons. The molecule has 0 amide bonds. The van der Waals surface area contributed by atoms with Crippen LogP contribution in [-0.2, 0) is 10.1 Å². The van der Waals surface area contributed by atoms with Crippen LogP contribution in [0, 0.1) is 0 Å². The summed E-state index contributed by atoms with van der Waals surface area (Å²) < 4.78 is 29.4. The number of para-hydroxylation sites is 1. The van der Waals surface area contributed by atoms with Crippen molar-refractivity contribution in [2.24, 2.45) is 10.7 Å². The van der Waals surface area contributed by atoms with E-state index in [4.69, 9.17) is 10.3 Å². The molecule has 1 radical (unpaired) electrons. The minimum absolute atomic E-state index is 0. The Balaban J connectivity index is 0.00000289. The molecule has 3 N–H and O–H groups in total. The van der Waals surface area contributed by atoms with Crippen LogP contribution in [0.15, 0.2) is 35.3 Å². The summed E-state index contributed by atoms with van der Waals surface area (Å²) in [7, 11) is -3.87. The number of hydrogen-bond donors (Lipinski definition) is 2. The van der Waals surface area contributed by atoms with Crippen LogP contribution in [0.2, 0.25) is 0 Å². The number of aliphatic imine (C=N–C) groups is 1. The molecule has 0 saturated heterocycles. The summed E-state index contributed by atoms with van der Waals surface area (Å²) in [5.74, 6) is 0.251. The van der Waals surface area contributed by atoms with Crippen molar-refractivity contribution >= 4 is 62.3 Å². The Morgan fingerprint density at radius 2 is 1.94 bits per heavy atom. The maximum absolute atomic E-state index is 10.5. The molecule has 5 nitrogen and oxygen atoms in total. The predicted molar refractivity (Wildman–Crippen MR) is 77.0 cm³/mol. The van der Waals surface area contributed by atoms with Gasteiger partial charge in [0.05, 0.1) is 11.4 Å². The maximum atomic E-state index is 10.5. The minimum Gasteiger partial charge on any atom is -0.378 e. The van der Waals surface area contributed by atoms with E-state index in [0.717, 1.165) is 5.69 Å². The van der Waals surface area contributed by atoms with Gasteiger partial charge in [0, 0.05) is 35.3 Å². The second-order valence-corrected chi connectivity index (χ2v) is 5.96. The van der Waals surface area contributed by atoms with Crippen molar-refractivity contribution < 1.29 is 13.0 Å². The van der Waals surface area contributed by atoms with Crippen molar-refractivity contribution in [3.05, 3.63) is 30.3 Å². The van der Waals surface area contributed by atoms with Crippen LogP contribution in [0.1, 0.15) is 6.42 Å². The number of thioether (sulfide) groups is 1. The summed E-state index contributed by atoms with van der Waals surface area (Å²) in [5, 5.41) is 0.381. The Morgan fingerprint density at radius 3 is 2.50 bits per heavy atom. The Morgan fingerprint density at radius 1 is 1.33 bits per heavy atom. The maximum Gasteiger partial charge on any atom is 0.264 e. The Labute approximate surface area is 133 Å². The zero-order valence-electron chi connectivity index (χ0n) is 10.1. The molecule has 0 atom stereocenters. The fourth-order valence-electron chi connectivity index (χ4n) is 1.08. The van der Waals surface area contributed by atoms with E-state index in [-0.39, 0.29) is 35.3 Å². The monoisotopic (exact) mass is 297 g/mol. The Bertz CT molecular complexity index is 477. The van der Waals surface area contributed by atoms with Gasteiger partial charge >= 0.3 is 0 Å². The normalized spacial score (nSPS) is 11.9. The van der Waals surface area contributed by atoms with Gasteiger partial charge in [-0.1, -0.05) is 30.0 Å². The van der Waals surface area contributed by atoms with E-state index >= 15 is 0 Å². The summed E-state index contributed by atoms with van der Waals surface area (Å²) >= 11 is 1.26. The second kappa shape index (κ2) is 8.95. The third-order valence-corrected chi connectivity index (χ3v) is 3.48. The average Bonchev–Trinajstić information content (AvgIpc) is 2.25. The fourth-order valence-corrected chi connectivity index (χ4v) is 2.44. The first-order chi connectivity index (χ1) is 7.97. The first-order valence-electron chi connectivity index (χ1n) is 4.94. The van der Waals surface area contributed by atoms with Gasteiger partial charge < -0.3 is 5.73 Å². The molecule has 0 unspecified atom stereocenters. The molecule has 18 heavy (non-hydrogen) atoms. The molecule has 0 aromatic heterocycles. The van der Waals surface area contributed by atoms with Crippen LogP contribution < -0.4 is 5.73 Å². The molecule has 8 heteroatoms. The second-order valence-electron chi connectivity index (χ2n) is 3.27. The van der Waals surface area contributed by atoms with Gasteiger partial charge in [-0.15, -0.1) is 0 Å². The number of nitrogens with zero attached hydrogens (tertiary/aromatic N) is 1. The fraction of sp³-hybridized carbons (Fsp3) is 0.300. The minimum atomic E-state index is -3.87. The summed E-state index contributed by atoms with van der Waals surface area (Å²) in [6, 6.07) is 9.25. The van der Waals surface area contributed by atoms with Crippen molar-refractivity contribution in [1.29, 1.82) is 0 Å². The topological polar surface area (TPSA) is 92.8 Å². The van der Waals surface area contributed by atoms with Crippen molar-refractivity contribution in [2.45, 2.75) is 6.42 Å². The molecule has 0 aliphatic heterocycles. The molecule has 0 aliphatic rings. The third-order valence-electron chi connectivity index (χ3n) is 1.79. The first kappa shape index (κ1) is 17.9. The van der Waals surface area contributed by atoms with Crippen molar-refractivity contribution in [2.75, 3.05) is 11.5 Å². The zero-order chi connectivity index (χ0) is 12.7. The quantitative estimate of drug-likeness (QED) is 0.281. The van der Waals surface area contributed by atoms with Gasteiger partial charge in [0.2, 0.25) is 0 Å². The van der Waals surface area contributed by atoms with E-state index in [1.807, 2.05) is 30.3 Å². The molecule has 1 aromatic rings. The number of amidine groups is 1. The molecular formula is C10H14N2NaO3S2. The Hall–Kier alpha value is -0.0500. The largest absolute Gasteiger partial charge is 0.378 e. The molecular weight excluding hydrogens is 283 g/mol. The zero-order valence-corrected chi connectivity index (χ0v) is 13.7. The van der Waals surface area contributed by atoms with Crippen LogP contribution in [0.3, 0.4) is 0 Å². The number of rotatable bonds is 5. The van der Waals surface area contributed by atoms with Crippen LogP contribution in [0.5, 0.6) is 0 Å². The molecule has 0 bridgehead atoms. The van der Waals surface area contributed by atoms with Gasteiger partial charge in [-0.3, -0.25) is 4.55 Å². The van der Waals surface area contributed by atoms with Crippen molar-refractivity contribution in [3.8, 4) is 0 Å². The average molecular weight is 297 g/mol. The van der Waals surface area contributed by atoms with Gasteiger partial charge in [-0.25, -0.2) is 4.99 Å². The smallest absolute Gasteiger partial charge is 0.264 e. The first-order valence-corrected chi connectivity index (χ1v) is 7.54. The van der Waals surface area contributed by atoms with E-state index in [1.54, 1.807) is 0 Å². The number of hydrogen-bond acceptors (Lipinski definition) is 4. The van der Waals surface area contributed by atoms with Crippen LogP contribution in [0.25, 0.3) is 0 Å². The van der Waals surface area contributed by atoms with E-state index in [1.165, 1.54) is 11.8 Å². The molecule has 0 spiro atoms. The van der Waals surface area contributed by atoms with Gasteiger partial charge in [-0.05, 0) is 18.6 Å². The summed E-state index contributed by atoms with van der Waals surface area (Å²) in [6.45, 7) is 0. The van der Waals surface area contributed by atoms with Gasteiger partial charge in [0.25, 0.3) is 10.1 Å². The van der Waals surface area contributed by atoms with Crippen LogP contribution in [-0.4, -0.2) is 59.2 Å².